The zero-order valence-corrected chi connectivity index (χ0v) is 10.5. The lowest BCUT2D eigenvalue weighted by atomic mass is 10.2. The Labute approximate surface area is 106 Å². The van der Waals surface area contributed by atoms with E-state index in [0.717, 1.165) is 4.31 Å². The molecule has 1 aliphatic rings. The molecule has 0 radical (unpaired) electrons. The molecule has 1 heterocycles. The Balaban J connectivity index is 2.36. The Hall–Kier alpha value is -1.58. The highest BCUT2D eigenvalue weighted by Crippen LogP contribution is 2.27. The molecule has 96 valence electrons. The highest BCUT2D eigenvalue weighted by atomic mass is 32.2. The molecule has 2 rings (SSSR count). The van der Waals surface area contributed by atoms with Crippen molar-refractivity contribution in [3.05, 3.63) is 29.6 Å². The van der Waals surface area contributed by atoms with Crippen molar-refractivity contribution < 1.29 is 12.8 Å². The van der Waals surface area contributed by atoms with Crippen LogP contribution in [0.1, 0.15) is 12.0 Å². The predicted molar refractivity (Wildman–Crippen MR) is 68.1 cm³/mol. The van der Waals surface area contributed by atoms with Crippen molar-refractivity contribution in [2.24, 2.45) is 5.73 Å². The summed E-state index contributed by atoms with van der Waals surface area (Å²) in [6.07, 6.45) is 0.524. The zero-order chi connectivity index (χ0) is 13.2. The van der Waals surface area contributed by atoms with Crippen molar-refractivity contribution >= 4 is 15.7 Å². The highest BCUT2D eigenvalue weighted by molar-refractivity contribution is 7.93. The molecule has 0 spiro atoms. The van der Waals surface area contributed by atoms with Crippen LogP contribution in [0.15, 0.2) is 18.2 Å². The van der Waals surface area contributed by atoms with Crippen LogP contribution in [0.5, 0.6) is 0 Å². The molecule has 18 heavy (non-hydrogen) atoms. The Morgan fingerprint density at radius 2 is 2.22 bits per heavy atom. The van der Waals surface area contributed by atoms with E-state index in [-0.39, 0.29) is 18.0 Å². The van der Waals surface area contributed by atoms with E-state index >= 15 is 0 Å². The van der Waals surface area contributed by atoms with Gasteiger partial charge in [0.2, 0.25) is 10.0 Å². The van der Waals surface area contributed by atoms with E-state index < -0.39 is 15.8 Å². The van der Waals surface area contributed by atoms with Crippen molar-refractivity contribution in [1.82, 2.24) is 0 Å². The highest BCUT2D eigenvalue weighted by Gasteiger charge is 2.30. The molecular formula is C12H13FN2O2S. The van der Waals surface area contributed by atoms with Crippen molar-refractivity contribution in [1.29, 1.82) is 0 Å². The number of nitrogens with zero attached hydrogens (tertiary/aromatic N) is 1. The standard InChI is InChI=1S/C12H13FN2O2S/c13-11-9-10(3-1-6-14)4-5-12(11)15-7-2-8-18(15,16)17/h4-5,9H,2,6-8,14H2. The summed E-state index contributed by atoms with van der Waals surface area (Å²) in [5.41, 5.74) is 5.80. The molecule has 0 bridgehead atoms. The van der Waals surface area contributed by atoms with Gasteiger partial charge in [-0.3, -0.25) is 4.31 Å². The molecule has 1 aromatic rings. The SMILES string of the molecule is NCC#Cc1ccc(N2CCCS2(=O)=O)c(F)c1. The van der Waals surface area contributed by atoms with Crippen LogP contribution < -0.4 is 10.0 Å². The Morgan fingerprint density at radius 1 is 1.44 bits per heavy atom. The topological polar surface area (TPSA) is 63.4 Å². The van der Waals surface area contributed by atoms with E-state index in [1.54, 1.807) is 6.07 Å². The molecule has 1 aromatic carbocycles. The quantitative estimate of drug-likeness (QED) is 0.762. The molecule has 1 aliphatic heterocycles. The minimum atomic E-state index is -3.36. The Kier molecular flexibility index (Phi) is 3.55. The van der Waals surface area contributed by atoms with E-state index in [4.69, 9.17) is 5.73 Å². The van der Waals surface area contributed by atoms with E-state index in [2.05, 4.69) is 11.8 Å². The molecule has 1 fully saturated rings. The van der Waals surface area contributed by atoms with Crippen LogP contribution in [0.4, 0.5) is 10.1 Å². The third-order valence-corrected chi connectivity index (χ3v) is 4.51. The summed E-state index contributed by atoms with van der Waals surface area (Å²) in [4.78, 5) is 0. The van der Waals surface area contributed by atoms with Gasteiger partial charge in [-0.25, -0.2) is 12.8 Å². The molecule has 0 unspecified atom stereocenters. The van der Waals surface area contributed by atoms with E-state index in [0.29, 0.717) is 18.5 Å². The Bertz CT molecular complexity index is 617. The molecule has 2 N–H and O–H groups in total. The largest absolute Gasteiger partial charge is 0.320 e. The summed E-state index contributed by atoms with van der Waals surface area (Å²) in [7, 11) is -3.36. The number of rotatable bonds is 1. The number of sulfonamides is 1. The zero-order valence-electron chi connectivity index (χ0n) is 9.69. The summed E-state index contributed by atoms with van der Waals surface area (Å²) < 4.78 is 38.4. The molecule has 0 aromatic heterocycles. The summed E-state index contributed by atoms with van der Waals surface area (Å²) in [6.45, 7) is 0.525. The van der Waals surface area contributed by atoms with Crippen molar-refractivity contribution in [2.75, 3.05) is 23.1 Å². The maximum Gasteiger partial charge on any atom is 0.235 e. The van der Waals surface area contributed by atoms with Gasteiger partial charge in [-0.15, -0.1) is 0 Å². The van der Waals surface area contributed by atoms with Crippen molar-refractivity contribution in [3.8, 4) is 11.8 Å². The van der Waals surface area contributed by atoms with Gasteiger partial charge in [-0.2, -0.15) is 0 Å². The van der Waals surface area contributed by atoms with Gasteiger partial charge < -0.3 is 5.73 Å². The molecule has 0 aliphatic carbocycles. The lowest BCUT2D eigenvalue weighted by molar-refractivity contribution is 0.595. The lowest BCUT2D eigenvalue weighted by Crippen LogP contribution is -2.26. The first-order valence-electron chi connectivity index (χ1n) is 5.53. The van der Waals surface area contributed by atoms with E-state index in [1.165, 1.54) is 12.1 Å². The van der Waals surface area contributed by atoms with E-state index in [1.807, 2.05) is 0 Å². The van der Waals surface area contributed by atoms with Crippen LogP contribution in [0, 0.1) is 17.7 Å². The molecule has 1 saturated heterocycles. The first kappa shape index (κ1) is 12.9. The van der Waals surface area contributed by atoms with Gasteiger partial charge in [0.1, 0.15) is 5.82 Å². The molecule has 0 amide bonds. The number of benzene rings is 1. The van der Waals surface area contributed by atoms with Gasteiger partial charge in [0.05, 0.1) is 18.0 Å². The van der Waals surface area contributed by atoms with Gasteiger partial charge in [0, 0.05) is 12.1 Å². The number of hydrogen-bond acceptors (Lipinski definition) is 3. The minimum absolute atomic E-state index is 0.0706. The van der Waals surface area contributed by atoms with Gasteiger partial charge >= 0.3 is 0 Å². The van der Waals surface area contributed by atoms with Gasteiger partial charge in [0.25, 0.3) is 0 Å². The van der Waals surface area contributed by atoms with Crippen LogP contribution in [0.25, 0.3) is 0 Å². The first-order chi connectivity index (χ1) is 8.54. The van der Waals surface area contributed by atoms with Crippen LogP contribution in [-0.4, -0.2) is 27.3 Å². The normalized spacial score (nSPS) is 17.3. The van der Waals surface area contributed by atoms with Crippen LogP contribution in [0.2, 0.25) is 0 Å². The predicted octanol–water partition coefficient (Wildman–Crippen LogP) is 0.676. The van der Waals surface area contributed by atoms with Gasteiger partial charge in [-0.1, -0.05) is 11.8 Å². The van der Waals surface area contributed by atoms with Gasteiger partial charge in [0.15, 0.2) is 0 Å². The number of nitrogens with two attached hydrogens (primary N) is 1. The maximum atomic E-state index is 13.9. The maximum absolute atomic E-state index is 13.9. The second-order valence-corrected chi connectivity index (χ2v) is 5.93. The van der Waals surface area contributed by atoms with Gasteiger partial charge in [-0.05, 0) is 24.6 Å². The fraction of sp³-hybridized carbons (Fsp3) is 0.333. The fourth-order valence-corrected chi connectivity index (χ4v) is 3.42. The second kappa shape index (κ2) is 4.96. The van der Waals surface area contributed by atoms with Crippen LogP contribution in [-0.2, 0) is 10.0 Å². The summed E-state index contributed by atoms with van der Waals surface area (Å²) >= 11 is 0. The smallest absolute Gasteiger partial charge is 0.235 e. The second-order valence-electron chi connectivity index (χ2n) is 3.91. The first-order valence-corrected chi connectivity index (χ1v) is 7.14. The summed E-state index contributed by atoms with van der Waals surface area (Å²) in [5.74, 6) is 4.81. The van der Waals surface area contributed by atoms with Crippen LogP contribution in [0.3, 0.4) is 0 Å². The summed E-state index contributed by atoms with van der Waals surface area (Å²) in [5, 5.41) is 0. The lowest BCUT2D eigenvalue weighted by Gasteiger charge is -2.17. The average Bonchev–Trinajstić information content (AvgIpc) is 2.66. The van der Waals surface area contributed by atoms with E-state index in [9.17, 15) is 12.8 Å². The van der Waals surface area contributed by atoms with Crippen LogP contribution >= 0.6 is 0 Å². The number of anilines is 1. The monoisotopic (exact) mass is 268 g/mol. The molecule has 0 atom stereocenters. The molecule has 0 saturated carbocycles. The average molecular weight is 268 g/mol. The number of halogens is 1. The molecule has 6 heteroatoms. The third kappa shape index (κ3) is 2.47. The molecular weight excluding hydrogens is 255 g/mol. The van der Waals surface area contributed by atoms with Crippen molar-refractivity contribution in [3.63, 3.8) is 0 Å². The minimum Gasteiger partial charge on any atom is -0.320 e. The molecule has 4 nitrogen and oxygen atoms in total. The number of hydrogen-bond donors (Lipinski definition) is 1. The summed E-state index contributed by atoms with van der Waals surface area (Å²) in [6, 6.07) is 4.26. The third-order valence-electron chi connectivity index (χ3n) is 2.65. The fourth-order valence-electron chi connectivity index (χ4n) is 1.85. The Morgan fingerprint density at radius 3 is 2.78 bits per heavy atom. The van der Waals surface area contributed by atoms with Crippen molar-refractivity contribution in [2.45, 2.75) is 6.42 Å².